The molecular formula is C12H20O4S. The summed E-state index contributed by atoms with van der Waals surface area (Å²) in [6.07, 6.45) is 1.82. The van der Waals surface area contributed by atoms with E-state index in [1.807, 2.05) is 6.26 Å². The molecule has 98 valence electrons. The predicted octanol–water partition coefficient (Wildman–Crippen LogP) is 2.04. The average molecular weight is 260 g/mol. The summed E-state index contributed by atoms with van der Waals surface area (Å²) in [5.41, 5.74) is -0.936. The van der Waals surface area contributed by atoms with Gasteiger partial charge in [-0.25, -0.2) is 0 Å². The van der Waals surface area contributed by atoms with Gasteiger partial charge in [0.25, 0.3) is 0 Å². The average Bonchev–Trinajstić information content (AvgIpc) is 2.25. The van der Waals surface area contributed by atoms with Crippen LogP contribution in [-0.4, -0.2) is 37.2 Å². The highest BCUT2D eigenvalue weighted by atomic mass is 32.2. The molecule has 0 radical (unpaired) electrons. The first-order valence-corrected chi connectivity index (χ1v) is 6.86. The minimum Gasteiger partial charge on any atom is -0.465 e. The fourth-order valence-corrected chi connectivity index (χ4v) is 2.31. The number of carbonyl (C=O) groups excluding carboxylic acids is 2. The van der Waals surface area contributed by atoms with Crippen molar-refractivity contribution in [2.24, 2.45) is 5.41 Å². The van der Waals surface area contributed by atoms with Crippen LogP contribution in [0.5, 0.6) is 0 Å². The van der Waals surface area contributed by atoms with E-state index in [0.717, 1.165) is 0 Å². The largest absolute Gasteiger partial charge is 0.465 e. The van der Waals surface area contributed by atoms with Crippen molar-refractivity contribution in [1.29, 1.82) is 0 Å². The van der Waals surface area contributed by atoms with Gasteiger partial charge >= 0.3 is 11.9 Å². The Kier molecular flexibility index (Phi) is 6.95. The second kappa shape index (κ2) is 7.37. The highest BCUT2D eigenvalue weighted by Gasteiger charge is 2.49. The van der Waals surface area contributed by atoms with Gasteiger partial charge in [0.1, 0.15) is 0 Å². The van der Waals surface area contributed by atoms with Gasteiger partial charge in [-0.1, -0.05) is 12.2 Å². The molecule has 0 fully saturated rings. The van der Waals surface area contributed by atoms with E-state index in [-0.39, 0.29) is 19.0 Å². The molecule has 0 aliphatic heterocycles. The summed E-state index contributed by atoms with van der Waals surface area (Å²) in [7, 11) is 0. The summed E-state index contributed by atoms with van der Waals surface area (Å²) in [6, 6.07) is 0. The number of carbonyl (C=O) groups is 2. The molecule has 17 heavy (non-hydrogen) atoms. The Morgan fingerprint density at radius 2 is 1.59 bits per heavy atom. The molecule has 0 rings (SSSR count). The zero-order valence-corrected chi connectivity index (χ0v) is 11.7. The van der Waals surface area contributed by atoms with E-state index in [1.54, 1.807) is 20.8 Å². The van der Waals surface area contributed by atoms with E-state index in [0.29, 0.717) is 5.57 Å². The summed E-state index contributed by atoms with van der Waals surface area (Å²) >= 11 is 1.38. The van der Waals surface area contributed by atoms with Crippen LogP contribution in [0.15, 0.2) is 12.2 Å². The molecule has 0 aliphatic carbocycles. The summed E-state index contributed by atoms with van der Waals surface area (Å²) in [5.74, 6) is -0.888. The molecule has 0 aromatic carbocycles. The molecular weight excluding hydrogens is 240 g/mol. The summed E-state index contributed by atoms with van der Waals surface area (Å²) in [4.78, 5) is 24.0. The standard InChI is InChI=1S/C12H20O4S/c1-6-15-10(13)12(8-17-5,9(3)4)11(14)16-7-2/h3,6-8H2,1-2,4-5H3. The summed E-state index contributed by atoms with van der Waals surface area (Å²) in [5, 5.41) is 0. The van der Waals surface area contributed by atoms with E-state index in [4.69, 9.17) is 9.47 Å². The van der Waals surface area contributed by atoms with Crippen LogP contribution in [0.1, 0.15) is 20.8 Å². The lowest BCUT2D eigenvalue weighted by Gasteiger charge is -2.28. The molecule has 4 nitrogen and oxygen atoms in total. The maximum atomic E-state index is 12.0. The van der Waals surface area contributed by atoms with Gasteiger partial charge in [-0.2, -0.15) is 11.8 Å². The third-order valence-corrected chi connectivity index (χ3v) is 3.06. The maximum Gasteiger partial charge on any atom is 0.328 e. The molecule has 0 bridgehead atoms. The van der Waals surface area contributed by atoms with Crippen LogP contribution >= 0.6 is 11.8 Å². The Labute approximate surface area is 107 Å². The van der Waals surface area contributed by atoms with Crippen LogP contribution in [0.3, 0.4) is 0 Å². The lowest BCUT2D eigenvalue weighted by molar-refractivity contribution is -0.167. The van der Waals surface area contributed by atoms with E-state index >= 15 is 0 Å². The van der Waals surface area contributed by atoms with Gasteiger partial charge in [-0.15, -0.1) is 0 Å². The second-order valence-corrected chi connectivity index (χ2v) is 4.43. The van der Waals surface area contributed by atoms with Crippen LogP contribution in [0, 0.1) is 5.41 Å². The van der Waals surface area contributed by atoms with Crippen molar-refractivity contribution >= 4 is 23.7 Å². The lowest BCUT2D eigenvalue weighted by atomic mass is 9.83. The first kappa shape index (κ1) is 16.0. The Morgan fingerprint density at radius 3 is 1.82 bits per heavy atom. The van der Waals surface area contributed by atoms with Gasteiger partial charge in [-0.05, 0) is 27.0 Å². The number of esters is 2. The Bertz CT molecular complexity index is 281. The van der Waals surface area contributed by atoms with E-state index in [2.05, 4.69) is 6.58 Å². The molecule has 0 unspecified atom stereocenters. The first-order valence-electron chi connectivity index (χ1n) is 5.46. The number of hydrogen-bond acceptors (Lipinski definition) is 5. The molecule has 0 saturated heterocycles. The monoisotopic (exact) mass is 260 g/mol. The van der Waals surface area contributed by atoms with Crippen molar-refractivity contribution in [1.82, 2.24) is 0 Å². The van der Waals surface area contributed by atoms with Gasteiger partial charge in [0.2, 0.25) is 0 Å². The number of hydrogen-bond donors (Lipinski definition) is 0. The van der Waals surface area contributed by atoms with Crippen LogP contribution in [-0.2, 0) is 19.1 Å². The highest BCUT2D eigenvalue weighted by molar-refractivity contribution is 7.98. The molecule has 0 heterocycles. The Morgan fingerprint density at radius 1 is 1.18 bits per heavy atom. The van der Waals surface area contributed by atoms with Gasteiger partial charge in [0, 0.05) is 5.75 Å². The molecule has 0 aromatic rings. The third kappa shape index (κ3) is 3.49. The van der Waals surface area contributed by atoms with Crippen LogP contribution in [0.2, 0.25) is 0 Å². The molecule has 0 amide bonds. The van der Waals surface area contributed by atoms with Crippen LogP contribution in [0.25, 0.3) is 0 Å². The zero-order valence-electron chi connectivity index (χ0n) is 10.9. The maximum absolute atomic E-state index is 12.0. The van der Waals surface area contributed by atoms with Crippen molar-refractivity contribution < 1.29 is 19.1 Å². The first-order chi connectivity index (χ1) is 7.97. The molecule has 0 aliphatic rings. The molecule has 0 N–H and O–H groups in total. The third-order valence-electron chi connectivity index (χ3n) is 2.34. The Balaban J connectivity index is 5.33. The minimum atomic E-state index is -1.38. The van der Waals surface area contributed by atoms with Gasteiger partial charge < -0.3 is 9.47 Å². The number of ether oxygens (including phenoxy) is 2. The quantitative estimate of drug-likeness (QED) is 0.398. The van der Waals surface area contributed by atoms with E-state index < -0.39 is 17.4 Å². The highest BCUT2D eigenvalue weighted by Crippen LogP contribution is 2.33. The topological polar surface area (TPSA) is 52.6 Å². The lowest BCUT2D eigenvalue weighted by Crippen LogP contribution is -2.45. The smallest absolute Gasteiger partial charge is 0.328 e. The van der Waals surface area contributed by atoms with Gasteiger partial charge in [0.05, 0.1) is 13.2 Å². The number of rotatable bonds is 7. The van der Waals surface area contributed by atoms with Crippen molar-refractivity contribution in [3.8, 4) is 0 Å². The SMILES string of the molecule is C=C(C)C(CSC)(C(=O)OCC)C(=O)OCC. The second-order valence-electron chi connectivity index (χ2n) is 3.56. The molecule has 0 aromatic heterocycles. The zero-order chi connectivity index (χ0) is 13.5. The molecule has 0 saturated carbocycles. The number of thioether (sulfide) groups is 1. The predicted molar refractivity (Wildman–Crippen MR) is 68.9 cm³/mol. The molecule has 5 heteroatoms. The van der Waals surface area contributed by atoms with E-state index in [9.17, 15) is 9.59 Å². The van der Waals surface area contributed by atoms with Crippen molar-refractivity contribution in [2.45, 2.75) is 20.8 Å². The summed E-state index contributed by atoms with van der Waals surface area (Å²) in [6.45, 7) is 9.23. The van der Waals surface area contributed by atoms with Crippen LogP contribution in [0.4, 0.5) is 0 Å². The van der Waals surface area contributed by atoms with E-state index in [1.165, 1.54) is 11.8 Å². The van der Waals surface area contributed by atoms with Gasteiger partial charge in [-0.3, -0.25) is 9.59 Å². The fourth-order valence-electron chi connectivity index (χ4n) is 1.40. The summed E-state index contributed by atoms with van der Waals surface area (Å²) < 4.78 is 9.95. The van der Waals surface area contributed by atoms with Crippen molar-refractivity contribution in [3.63, 3.8) is 0 Å². The Hall–Kier alpha value is -0.970. The minimum absolute atomic E-state index is 0.224. The molecule has 0 atom stereocenters. The van der Waals surface area contributed by atoms with Gasteiger partial charge in [0.15, 0.2) is 5.41 Å². The van der Waals surface area contributed by atoms with Crippen molar-refractivity contribution in [3.05, 3.63) is 12.2 Å². The normalized spacial score (nSPS) is 10.8. The van der Waals surface area contributed by atoms with Crippen LogP contribution < -0.4 is 0 Å². The fraction of sp³-hybridized carbons (Fsp3) is 0.667. The van der Waals surface area contributed by atoms with Crippen molar-refractivity contribution in [2.75, 3.05) is 25.2 Å². The molecule has 0 spiro atoms.